The van der Waals surface area contributed by atoms with E-state index >= 15 is 0 Å². The first-order valence-electron chi connectivity index (χ1n) is 7.06. The molecule has 0 aromatic heterocycles. The van der Waals surface area contributed by atoms with Gasteiger partial charge in [0.2, 0.25) is 11.8 Å². The number of carbonyl (C=O) groups is 2. The number of amides is 2. The summed E-state index contributed by atoms with van der Waals surface area (Å²) < 4.78 is 5.43. The van der Waals surface area contributed by atoms with Gasteiger partial charge in [0.15, 0.2) is 0 Å². The summed E-state index contributed by atoms with van der Waals surface area (Å²) in [6, 6.07) is 0. The summed E-state index contributed by atoms with van der Waals surface area (Å²) in [5.74, 6) is 0.0489. The van der Waals surface area contributed by atoms with E-state index in [1.165, 1.54) is 0 Å². The van der Waals surface area contributed by atoms with Gasteiger partial charge in [0.1, 0.15) is 0 Å². The minimum absolute atomic E-state index is 0.0206. The van der Waals surface area contributed by atoms with Gasteiger partial charge in [0.25, 0.3) is 0 Å². The van der Waals surface area contributed by atoms with Crippen molar-refractivity contribution in [3.63, 3.8) is 0 Å². The van der Waals surface area contributed by atoms with E-state index in [1.54, 1.807) is 0 Å². The topological polar surface area (TPSA) is 67.4 Å². The summed E-state index contributed by atoms with van der Waals surface area (Å²) in [4.78, 5) is 23.1. The molecule has 0 aliphatic carbocycles. The average molecular weight is 270 g/mol. The van der Waals surface area contributed by atoms with Crippen molar-refractivity contribution in [2.75, 3.05) is 19.7 Å². The molecular weight excluding hydrogens is 244 g/mol. The number of rotatable bonds is 6. The van der Waals surface area contributed by atoms with Gasteiger partial charge in [-0.25, -0.2) is 0 Å². The van der Waals surface area contributed by atoms with Gasteiger partial charge < -0.3 is 15.4 Å². The fourth-order valence-electron chi connectivity index (χ4n) is 1.84. The first-order chi connectivity index (χ1) is 8.89. The molecule has 1 heterocycles. The highest BCUT2D eigenvalue weighted by Gasteiger charge is 2.20. The Labute approximate surface area is 115 Å². The normalized spacial score (nSPS) is 19.2. The van der Waals surface area contributed by atoms with Gasteiger partial charge in [0.05, 0.1) is 6.10 Å². The molecule has 5 nitrogen and oxygen atoms in total. The average Bonchev–Trinajstić information content (AvgIpc) is 2.83. The van der Waals surface area contributed by atoms with Crippen LogP contribution in [0.4, 0.5) is 0 Å². The molecule has 0 saturated carbocycles. The van der Waals surface area contributed by atoms with Crippen LogP contribution >= 0.6 is 0 Å². The maximum atomic E-state index is 11.6. The van der Waals surface area contributed by atoms with E-state index in [4.69, 9.17) is 4.74 Å². The molecular formula is C14H26N2O3. The van der Waals surface area contributed by atoms with Gasteiger partial charge in [-0.05, 0) is 19.3 Å². The van der Waals surface area contributed by atoms with Crippen LogP contribution in [-0.4, -0.2) is 37.6 Å². The van der Waals surface area contributed by atoms with Gasteiger partial charge in [-0.1, -0.05) is 20.8 Å². The Morgan fingerprint density at radius 1 is 1.26 bits per heavy atom. The van der Waals surface area contributed by atoms with E-state index in [2.05, 4.69) is 10.6 Å². The second-order valence-corrected chi connectivity index (χ2v) is 6.05. The molecule has 1 unspecified atom stereocenters. The highest BCUT2D eigenvalue weighted by molar-refractivity contribution is 5.81. The van der Waals surface area contributed by atoms with Crippen molar-refractivity contribution in [1.29, 1.82) is 0 Å². The van der Waals surface area contributed by atoms with E-state index in [0.717, 1.165) is 19.4 Å². The van der Waals surface area contributed by atoms with Crippen molar-refractivity contribution in [1.82, 2.24) is 10.6 Å². The maximum absolute atomic E-state index is 11.6. The van der Waals surface area contributed by atoms with E-state index in [9.17, 15) is 9.59 Å². The number of ether oxygens (including phenoxy) is 1. The van der Waals surface area contributed by atoms with Crippen LogP contribution in [0.2, 0.25) is 0 Å². The van der Waals surface area contributed by atoms with Crippen molar-refractivity contribution in [3.05, 3.63) is 0 Å². The summed E-state index contributed by atoms with van der Waals surface area (Å²) in [5, 5.41) is 5.70. The first kappa shape index (κ1) is 16.0. The third-order valence-corrected chi connectivity index (χ3v) is 3.10. The number of hydrogen-bond donors (Lipinski definition) is 2. The van der Waals surface area contributed by atoms with Crippen molar-refractivity contribution in [2.45, 2.75) is 52.6 Å². The van der Waals surface area contributed by atoms with E-state index < -0.39 is 0 Å². The largest absolute Gasteiger partial charge is 0.376 e. The summed E-state index contributed by atoms with van der Waals surface area (Å²) in [5.41, 5.74) is -0.373. The quantitative estimate of drug-likeness (QED) is 0.713. The van der Waals surface area contributed by atoms with E-state index in [0.29, 0.717) is 25.9 Å². The summed E-state index contributed by atoms with van der Waals surface area (Å²) >= 11 is 0. The molecule has 5 heteroatoms. The Bertz CT molecular complexity index is 304. The Morgan fingerprint density at radius 2 is 2.00 bits per heavy atom. The molecule has 1 aliphatic heterocycles. The lowest BCUT2D eigenvalue weighted by molar-refractivity contribution is -0.128. The monoisotopic (exact) mass is 270 g/mol. The standard InChI is InChI=1S/C14H26N2O3/c1-14(2,3)13(18)15-8-4-7-12(17)16-10-11-6-5-9-19-11/h11H,4-10H2,1-3H3,(H,15,18)(H,16,17). The fraction of sp³-hybridized carbons (Fsp3) is 0.857. The maximum Gasteiger partial charge on any atom is 0.225 e. The summed E-state index contributed by atoms with van der Waals surface area (Å²) in [7, 11) is 0. The molecule has 0 aromatic rings. The van der Waals surface area contributed by atoms with Gasteiger partial charge in [-0.2, -0.15) is 0 Å². The highest BCUT2D eigenvalue weighted by Crippen LogP contribution is 2.12. The second-order valence-electron chi connectivity index (χ2n) is 6.05. The van der Waals surface area contributed by atoms with Gasteiger partial charge in [-0.3, -0.25) is 9.59 Å². The van der Waals surface area contributed by atoms with Crippen LogP contribution in [0.5, 0.6) is 0 Å². The predicted molar refractivity (Wildman–Crippen MR) is 73.7 cm³/mol. The molecule has 0 spiro atoms. The summed E-state index contributed by atoms with van der Waals surface area (Å²) in [6.07, 6.45) is 3.40. The van der Waals surface area contributed by atoms with Crippen LogP contribution in [0.1, 0.15) is 46.5 Å². The predicted octanol–water partition coefficient (Wildman–Crippen LogP) is 1.22. The number of hydrogen-bond acceptors (Lipinski definition) is 3. The molecule has 0 bridgehead atoms. The van der Waals surface area contributed by atoms with Crippen LogP contribution in [0, 0.1) is 5.41 Å². The highest BCUT2D eigenvalue weighted by atomic mass is 16.5. The van der Waals surface area contributed by atoms with Gasteiger partial charge in [-0.15, -0.1) is 0 Å². The Balaban J connectivity index is 2.02. The smallest absolute Gasteiger partial charge is 0.225 e. The Morgan fingerprint density at radius 3 is 2.58 bits per heavy atom. The van der Waals surface area contributed by atoms with Gasteiger partial charge in [0, 0.05) is 31.5 Å². The van der Waals surface area contributed by atoms with Crippen LogP contribution in [0.15, 0.2) is 0 Å². The van der Waals surface area contributed by atoms with E-state index in [-0.39, 0.29) is 23.3 Å². The van der Waals surface area contributed by atoms with E-state index in [1.807, 2.05) is 20.8 Å². The lowest BCUT2D eigenvalue weighted by atomic mass is 9.96. The molecule has 2 amide bonds. The van der Waals surface area contributed by atoms with Crippen LogP contribution in [0.25, 0.3) is 0 Å². The number of nitrogens with one attached hydrogen (secondary N) is 2. The minimum Gasteiger partial charge on any atom is -0.376 e. The molecule has 19 heavy (non-hydrogen) atoms. The van der Waals surface area contributed by atoms with Gasteiger partial charge >= 0.3 is 0 Å². The minimum atomic E-state index is -0.373. The Hall–Kier alpha value is -1.10. The van der Waals surface area contributed by atoms with Crippen LogP contribution in [-0.2, 0) is 14.3 Å². The third-order valence-electron chi connectivity index (χ3n) is 3.10. The molecule has 1 rings (SSSR count). The SMILES string of the molecule is CC(C)(C)C(=O)NCCCC(=O)NCC1CCCO1. The van der Waals surface area contributed by atoms with Crippen LogP contribution < -0.4 is 10.6 Å². The molecule has 1 aliphatic rings. The van der Waals surface area contributed by atoms with Crippen molar-refractivity contribution >= 4 is 11.8 Å². The molecule has 110 valence electrons. The van der Waals surface area contributed by atoms with Crippen molar-refractivity contribution in [2.24, 2.45) is 5.41 Å². The van der Waals surface area contributed by atoms with Crippen LogP contribution in [0.3, 0.4) is 0 Å². The number of carbonyl (C=O) groups excluding carboxylic acids is 2. The summed E-state index contributed by atoms with van der Waals surface area (Å²) in [6.45, 7) is 7.57. The molecule has 1 atom stereocenters. The third kappa shape index (κ3) is 6.57. The first-order valence-corrected chi connectivity index (χ1v) is 7.06. The molecule has 2 N–H and O–H groups in total. The molecule has 0 aromatic carbocycles. The zero-order chi connectivity index (χ0) is 14.3. The lowest BCUT2D eigenvalue weighted by Crippen LogP contribution is -2.36. The Kier molecular flexibility index (Phi) is 6.28. The fourth-order valence-corrected chi connectivity index (χ4v) is 1.84. The molecule has 1 saturated heterocycles. The lowest BCUT2D eigenvalue weighted by Gasteiger charge is -2.17. The zero-order valence-corrected chi connectivity index (χ0v) is 12.3. The van der Waals surface area contributed by atoms with Crippen molar-refractivity contribution < 1.29 is 14.3 Å². The zero-order valence-electron chi connectivity index (χ0n) is 12.3. The molecule has 0 radical (unpaired) electrons. The van der Waals surface area contributed by atoms with Crippen molar-refractivity contribution in [3.8, 4) is 0 Å². The molecule has 1 fully saturated rings. The second kappa shape index (κ2) is 7.48.